The molecule has 0 spiro atoms. The summed E-state index contributed by atoms with van der Waals surface area (Å²) in [5.74, 6) is 3.12. The van der Waals surface area contributed by atoms with Crippen molar-refractivity contribution < 1.29 is 0 Å². The number of hydrogen-bond acceptors (Lipinski definition) is 5. The van der Waals surface area contributed by atoms with E-state index in [1.54, 1.807) is 0 Å². The molecule has 4 aliphatic rings. The van der Waals surface area contributed by atoms with Crippen LogP contribution >= 0.6 is 23.7 Å². The van der Waals surface area contributed by atoms with Gasteiger partial charge in [-0.2, -0.15) is 0 Å². The quantitative estimate of drug-likeness (QED) is 0.744. The van der Waals surface area contributed by atoms with E-state index in [1.165, 1.54) is 62.6 Å². The second-order valence-corrected chi connectivity index (χ2v) is 8.22. The molecule has 3 aliphatic heterocycles. The zero-order chi connectivity index (χ0) is 13.4. The number of nitrogens with zero attached hydrogens (tertiary/aromatic N) is 3. The molecule has 0 aromatic carbocycles. The van der Waals surface area contributed by atoms with E-state index < -0.39 is 0 Å². The van der Waals surface area contributed by atoms with E-state index in [0.29, 0.717) is 0 Å². The molecule has 2 atom stereocenters. The highest BCUT2D eigenvalue weighted by Gasteiger charge is 2.35. The van der Waals surface area contributed by atoms with Gasteiger partial charge in [-0.3, -0.25) is 4.99 Å². The van der Waals surface area contributed by atoms with Crippen molar-refractivity contribution in [2.24, 2.45) is 16.8 Å². The van der Waals surface area contributed by atoms with Crippen molar-refractivity contribution in [1.82, 2.24) is 9.21 Å². The van der Waals surface area contributed by atoms with Gasteiger partial charge in [-0.15, -0.1) is 0 Å². The summed E-state index contributed by atoms with van der Waals surface area (Å²) >= 11 is 3.88. The minimum atomic E-state index is 0.996. The van der Waals surface area contributed by atoms with Gasteiger partial charge in [-0.05, 0) is 36.5 Å². The van der Waals surface area contributed by atoms with E-state index in [2.05, 4.69) is 31.6 Å². The van der Waals surface area contributed by atoms with Crippen molar-refractivity contribution in [3.8, 4) is 0 Å². The molecule has 2 fully saturated rings. The van der Waals surface area contributed by atoms with Crippen LogP contribution in [0, 0.1) is 11.8 Å². The van der Waals surface area contributed by atoms with Crippen LogP contribution < -0.4 is 0 Å². The fraction of sp³-hybridized carbons (Fsp3) is 0.800. The van der Waals surface area contributed by atoms with Gasteiger partial charge < -0.3 is 4.90 Å². The highest BCUT2D eigenvalue weighted by molar-refractivity contribution is 8.16. The Morgan fingerprint density at radius 1 is 1.20 bits per heavy atom. The second-order valence-electron chi connectivity index (χ2n) is 6.32. The van der Waals surface area contributed by atoms with Crippen LogP contribution in [0.1, 0.15) is 32.1 Å². The van der Waals surface area contributed by atoms with Crippen LogP contribution in [-0.4, -0.2) is 46.3 Å². The third kappa shape index (κ3) is 2.64. The van der Waals surface area contributed by atoms with Crippen LogP contribution in [0.4, 0.5) is 0 Å². The molecule has 1 saturated carbocycles. The summed E-state index contributed by atoms with van der Waals surface area (Å²) in [6.45, 7) is 4.85. The molecule has 0 radical (unpaired) electrons. The summed E-state index contributed by atoms with van der Waals surface area (Å²) in [6, 6.07) is 0. The number of amidine groups is 1. The van der Waals surface area contributed by atoms with Crippen molar-refractivity contribution in [1.29, 1.82) is 0 Å². The van der Waals surface area contributed by atoms with Gasteiger partial charge in [0.15, 0.2) is 5.17 Å². The van der Waals surface area contributed by atoms with E-state index in [4.69, 9.17) is 0 Å². The fourth-order valence-corrected chi connectivity index (χ4v) is 6.08. The van der Waals surface area contributed by atoms with Gasteiger partial charge >= 0.3 is 0 Å². The summed E-state index contributed by atoms with van der Waals surface area (Å²) in [5, 5.41) is 3.56. The lowest BCUT2D eigenvalue weighted by Crippen LogP contribution is -2.31. The first kappa shape index (κ1) is 13.5. The third-order valence-electron chi connectivity index (χ3n) is 5.00. The zero-order valence-corrected chi connectivity index (χ0v) is 13.6. The maximum atomic E-state index is 4.61. The molecule has 0 unspecified atom stereocenters. The molecular weight excluding hydrogens is 286 g/mol. The first-order valence-electron chi connectivity index (χ1n) is 7.96. The predicted molar refractivity (Wildman–Crippen MR) is 88.8 cm³/mol. The summed E-state index contributed by atoms with van der Waals surface area (Å²) < 4.78 is 2.64. The standard InChI is InChI=1S/C15H23N3S2/c1-2-5-13-9-17(8-12(13)4-1)20-11-14-10-19-15-16-6-3-7-18(14)15/h10,12-13H,1-9,11H2/t12-,13-/m1/s1. The molecule has 4 rings (SSSR count). The van der Waals surface area contributed by atoms with Crippen molar-refractivity contribution in [3.05, 3.63) is 11.1 Å². The highest BCUT2D eigenvalue weighted by Crippen LogP contribution is 2.39. The van der Waals surface area contributed by atoms with Crippen molar-refractivity contribution >= 4 is 28.9 Å². The fourth-order valence-electron chi connectivity index (χ4n) is 3.87. The van der Waals surface area contributed by atoms with E-state index in [9.17, 15) is 0 Å². The molecule has 20 heavy (non-hydrogen) atoms. The summed E-state index contributed by atoms with van der Waals surface area (Å²) in [6.07, 6.45) is 7.09. The molecule has 1 saturated heterocycles. The van der Waals surface area contributed by atoms with Crippen LogP contribution in [0.3, 0.4) is 0 Å². The van der Waals surface area contributed by atoms with Crippen molar-refractivity contribution in [2.75, 3.05) is 31.9 Å². The molecule has 0 bridgehead atoms. The number of fused-ring (bicyclic) bond motifs is 2. The lowest BCUT2D eigenvalue weighted by Gasteiger charge is -2.26. The number of rotatable bonds is 3. The number of aliphatic imine (C=N–C) groups is 1. The van der Waals surface area contributed by atoms with Crippen molar-refractivity contribution in [2.45, 2.75) is 32.1 Å². The second kappa shape index (κ2) is 5.93. The van der Waals surface area contributed by atoms with Gasteiger partial charge in [-0.1, -0.05) is 36.6 Å². The third-order valence-corrected chi connectivity index (χ3v) is 7.04. The summed E-state index contributed by atoms with van der Waals surface area (Å²) in [4.78, 5) is 7.05. The van der Waals surface area contributed by atoms with Gasteiger partial charge in [0.2, 0.25) is 0 Å². The van der Waals surface area contributed by atoms with Gasteiger partial charge in [0.05, 0.1) is 0 Å². The Morgan fingerprint density at radius 2 is 2.00 bits per heavy atom. The Kier molecular flexibility index (Phi) is 4.01. The molecule has 3 nitrogen and oxygen atoms in total. The minimum absolute atomic E-state index is 0.996. The van der Waals surface area contributed by atoms with E-state index >= 15 is 0 Å². The van der Waals surface area contributed by atoms with E-state index in [-0.39, 0.29) is 0 Å². The molecule has 0 aromatic heterocycles. The molecule has 0 N–H and O–H groups in total. The Labute approximate surface area is 130 Å². The zero-order valence-electron chi connectivity index (χ0n) is 12.0. The average molecular weight is 310 g/mol. The predicted octanol–water partition coefficient (Wildman–Crippen LogP) is 3.41. The lowest BCUT2D eigenvalue weighted by molar-refractivity contribution is 0.299. The smallest absolute Gasteiger partial charge is 0.167 e. The molecule has 0 amide bonds. The van der Waals surface area contributed by atoms with Crippen LogP contribution in [-0.2, 0) is 0 Å². The lowest BCUT2D eigenvalue weighted by atomic mass is 9.82. The largest absolute Gasteiger partial charge is 0.323 e. The topological polar surface area (TPSA) is 18.8 Å². The first-order valence-corrected chi connectivity index (χ1v) is 9.78. The van der Waals surface area contributed by atoms with Crippen LogP contribution in [0.25, 0.3) is 0 Å². The molecule has 110 valence electrons. The van der Waals surface area contributed by atoms with Gasteiger partial charge in [0.25, 0.3) is 0 Å². The maximum Gasteiger partial charge on any atom is 0.167 e. The van der Waals surface area contributed by atoms with E-state index in [0.717, 1.165) is 24.1 Å². The van der Waals surface area contributed by atoms with E-state index in [1.807, 2.05) is 11.8 Å². The summed E-state index contributed by atoms with van der Waals surface area (Å²) in [5.41, 5.74) is 1.48. The Bertz CT molecular complexity index is 421. The normalized spacial score (nSPS) is 33.7. The highest BCUT2D eigenvalue weighted by atomic mass is 32.2. The SMILES string of the molecule is C1=C(CSN2C[C@H]3CCCC[C@@H]3C2)N2CCCN=C2S1. The molecule has 5 heteroatoms. The van der Waals surface area contributed by atoms with Crippen LogP contribution in [0.2, 0.25) is 0 Å². The van der Waals surface area contributed by atoms with Crippen LogP contribution in [0.15, 0.2) is 16.1 Å². The monoisotopic (exact) mass is 309 g/mol. The maximum absolute atomic E-state index is 4.61. The number of hydrogen-bond donors (Lipinski definition) is 0. The van der Waals surface area contributed by atoms with Gasteiger partial charge in [-0.25, -0.2) is 4.31 Å². The Balaban J connectivity index is 1.31. The Morgan fingerprint density at radius 3 is 2.80 bits per heavy atom. The Hall–Kier alpha value is -0.130. The van der Waals surface area contributed by atoms with Crippen molar-refractivity contribution in [3.63, 3.8) is 0 Å². The molecule has 1 aliphatic carbocycles. The molecule has 3 heterocycles. The van der Waals surface area contributed by atoms with Gasteiger partial charge in [0.1, 0.15) is 0 Å². The minimum Gasteiger partial charge on any atom is -0.323 e. The summed E-state index contributed by atoms with van der Waals surface area (Å²) in [7, 11) is 0. The van der Waals surface area contributed by atoms with Crippen LogP contribution in [0.5, 0.6) is 0 Å². The first-order chi connectivity index (χ1) is 9.90. The molecular formula is C15H23N3S2. The van der Waals surface area contributed by atoms with Gasteiger partial charge in [0, 0.05) is 37.6 Å². The molecule has 0 aromatic rings. The number of thioether (sulfide) groups is 1. The average Bonchev–Trinajstić information content (AvgIpc) is 3.08.